The van der Waals surface area contributed by atoms with E-state index in [1.165, 1.54) is 12.8 Å². The highest BCUT2D eigenvalue weighted by atomic mass is 16.1. The Hall–Kier alpha value is -2.76. The quantitative estimate of drug-likeness (QED) is 0.715. The molecule has 0 atom stereocenters. The molecule has 0 N–H and O–H groups in total. The second-order valence-corrected chi connectivity index (χ2v) is 7.70. The third kappa shape index (κ3) is 3.31. The van der Waals surface area contributed by atoms with Crippen molar-refractivity contribution in [3.05, 3.63) is 59.0 Å². The van der Waals surface area contributed by atoms with E-state index in [-0.39, 0.29) is 5.56 Å². The van der Waals surface area contributed by atoms with Crippen molar-refractivity contribution in [2.24, 2.45) is 5.92 Å². The zero-order chi connectivity index (χ0) is 18.2. The molecule has 138 valence electrons. The average Bonchev–Trinajstić information content (AvgIpc) is 3.56. The van der Waals surface area contributed by atoms with Crippen LogP contribution in [-0.4, -0.2) is 32.6 Å². The Kier molecular flexibility index (Phi) is 4.11. The highest BCUT2D eigenvalue weighted by molar-refractivity contribution is 5.76. The molecule has 0 radical (unpaired) electrons. The minimum atomic E-state index is 0.0629. The standard InChI is InChI=1S/C21H23N5O/c27-21-17-3-1-2-4-18(17)23-14-26(21)13-15-8-11-25(12-9-15)19-7-10-22-20(24-19)16-5-6-16/h1-4,7,10,14-16H,5-6,8-9,11-13H2. The van der Waals surface area contributed by atoms with Gasteiger partial charge < -0.3 is 4.90 Å². The van der Waals surface area contributed by atoms with Gasteiger partial charge in [0.05, 0.1) is 17.2 Å². The Morgan fingerprint density at radius 3 is 2.63 bits per heavy atom. The summed E-state index contributed by atoms with van der Waals surface area (Å²) in [6, 6.07) is 9.57. The molecule has 6 heteroatoms. The molecular formula is C21H23N5O. The molecule has 0 unspecified atom stereocenters. The van der Waals surface area contributed by atoms with Gasteiger partial charge in [-0.05, 0) is 49.8 Å². The highest BCUT2D eigenvalue weighted by Gasteiger charge is 2.28. The predicted molar refractivity (Wildman–Crippen MR) is 105 cm³/mol. The number of nitrogens with zero attached hydrogens (tertiary/aromatic N) is 5. The van der Waals surface area contributed by atoms with Crippen molar-refractivity contribution in [1.82, 2.24) is 19.5 Å². The van der Waals surface area contributed by atoms with Crippen molar-refractivity contribution < 1.29 is 0 Å². The topological polar surface area (TPSA) is 63.9 Å². The van der Waals surface area contributed by atoms with Gasteiger partial charge in [0.1, 0.15) is 11.6 Å². The minimum absolute atomic E-state index is 0.0629. The first-order chi connectivity index (χ1) is 13.3. The van der Waals surface area contributed by atoms with Crippen LogP contribution in [0, 0.1) is 5.92 Å². The number of hydrogen-bond donors (Lipinski definition) is 0. The zero-order valence-electron chi connectivity index (χ0n) is 15.3. The van der Waals surface area contributed by atoms with Crippen LogP contribution in [-0.2, 0) is 6.54 Å². The summed E-state index contributed by atoms with van der Waals surface area (Å²) in [5, 5.41) is 0.700. The first-order valence-electron chi connectivity index (χ1n) is 9.80. The van der Waals surface area contributed by atoms with Gasteiger partial charge in [0, 0.05) is 31.7 Å². The number of rotatable bonds is 4. The van der Waals surface area contributed by atoms with Crippen molar-refractivity contribution in [3.8, 4) is 0 Å². The molecule has 2 fully saturated rings. The third-order valence-corrected chi connectivity index (χ3v) is 5.73. The molecule has 5 rings (SSSR count). The lowest BCUT2D eigenvalue weighted by Crippen LogP contribution is -2.37. The van der Waals surface area contributed by atoms with E-state index in [0.717, 1.165) is 49.6 Å². The summed E-state index contributed by atoms with van der Waals surface area (Å²) < 4.78 is 1.78. The number of hydrogen-bond acceptors (Lipinski definition) is 5. The molecule has 0 bridgehead atoms. The Bertz CT molecular complexity index is 1020. The highest BCUT2D eigenvalue weighted by Crippen LogP contribution is 2.38. The predicted octanol–water partition coefficient (Wildman–Crippen LogP) is 2.98. The van der Waals surface area contributed by atoms with Crippen LogP contribution in [0.4, 0.5) is 5.82 Å². The molecule has 3 heterocycles. The van der Waals surface area contributed by atoms with Gasteiger partial charge in [0.2, 0.25) is 0 Å². The number of anilines is 1. The van der Waals surface area contributed by atoms with E-state index in [4.69, 9.17) is 4.98 Å². The molecule has 3 aromatic rings. The average molecular weight is 361 g/mol. The van der Waals surface area contributed by atoms with Gasteiger partial charge in [-0.1, -0.05) is 12.1 Å². The van der Waals surface area contributed by atoms with Gasteiger partial charge in [-0.15, -0.1) is 0 Å². The van der Waals surface area contributed by atoms with Crippen LogP contribution in [0.2, 0.25) is 0 Å². The molecule has 1 saturated heterocycles. The number of para-hydroxylation sites is 1. The summed E-state index contributed by atoms with van der Waals surface area (Å²) in [4.78, 5) is 28.7. The van der Waals surface area contributed by atoms with Gasteiger partial charge in [0.15, 0.2) is 0 Å². The van der Waals surface area contributed by atoms with Gasteiger partial charge >= 0.3 is 0 Å². The summed E-state index contributed by atoms with van der Waals surface area (Å²) in [5.74, 6) is 3.12. The van der Waals surface area contributed by atoms with Crippen LogP contribution in [0.1, 0.15) is 37.4 Å². The van der Waals surface area contributed by atoms with Crippen LogP contribution in [0.15, 0.2) is 47.7 Å². The van der Waals surface area contributed by atoms with Crippen molar-refractivity contribution in [2.45, 2.75) is 38.1 Å². The largest absolute Gasteiger partial charge is 0.356 e. The number of fused-ring (bicyclic) bond motifs is 1. The van der Waals surface area contributed by atoms with E-state index in [1.54, 1.807) is 10.9 Å². The Morgan fingerprint density at radius 1 is 1.00 bits per heavy atom. The molecule has 1 aliphatic heterocycles. The molecule has 27 heavy (non-hydrogen) atoms. The summed E-state index contributed by atoms with van der Waals surface area (Å²) >= 11 is 0. The minimum Gasteiger partial charge on any atom is -0.356 e. The van der Waals surface area contributed by atoms with Crippen LogP contribution in [0.5, 0.6) is 0 Å². The molecule has 1 aromatic carbocycles. The molecule has 1 aliphatic carbocycles. The molecule has 2 aliphatic rings. The fourth-order valence-corrected chi connectivity index (χ4v) is 3.94. The number of aromatic nitrogens is 4. The summed E-state index contributed by atoms with van der Waals surface area (Å²) in [6.45, 7) is 2.69. The lowest BCUT2D eigenvalue weighted by Gasteiger charge is -2.33. The maximum absolute atomic E-state index is 12.7. The maximum Gasteiger partial charge on any atom is 0.261 e. The van der Waals surface area contributed by atoms with E-state index in [2.05, 4.69) is 14.9 Å². The first kappa shape index (κ1) is 16.4. The lowest BCUT2D eigenvalue weighted by atomic mass is 9.96. The van der Waals surface area contributed by atoms with Gasteiger partial charge in [-0.25, -0.2) is 15.0 Å². The van der Waals surface area contributed by atoms with Gasteiger partial charge in [-0.2, -0.15) is 0 Å². The Morgan fingerprint density at radius 2 is 1.81 bits per heavy atom. The lowest BCUT2D eigenvalue weighted by molar-refractivity contribution is 0.351. The first-order valence-corrected chi connectivity index (χ1v) is 9.80. The van der Waals surface area contributed by atoms with Crippen LogP contribution in [0.25, 0.3) is 10.9 Å². The normalized spacial score (nSPS) is 18.1. The monoisotopic (exact) mass is 361 g/mol. The van der Waals surface area contributed by atoms with Gasteiger partial charge in [0.25, 0.3) is 5.56 Å². The second kappa shape index (κ2) is 6.76. The van der Waals surface area contributed by atoms with E-state index in [9.17, 15) is 4.79 Å². The molecule has 0 amide bonds. The van der Waals surface area contributed by atoms with E-state index < -0.39 is 0 Å². The van der Waals surface area contributed by atoms with E-state index in [1.807, 2.05) is 36.5 Å². The fourth-order valence-electron chi connectivity index (χ4n) is 3.94. The number of piperidine rings is 1. The summed E-state index contributed by atoms with van der Waals surface area (Å²) in [5.41, 5.74) is 0.830. The van der Waals surface area contributed by atoms with Crippen molar-refractivity contribution in [2.75, 3.05) is 18.0 Å². The van der Waals surface area contributed by atoms with E-state index in [0.29, 0.717) is 17.2 Å². The zero-order valence-corrected chi connectivity index (χ0v) is 15.3. The van der Waals surface area contributed by atoms with E-state index >= 15 is 0 Å². The van der Waals surface area contributed by atoms with Crippen LogP contribution >= 0.6 is 0 Å². The fraction of sp³-hybridized carbons (Fsp3) is 0.429. The molecular weight excluding hydrogens is 338 g/mol. The molecule has 0 spiro atoms. The van der Waals surface area contributed by atoms with Crippen LogP contribution < -0.4 is 10.5 Å². The van der Waals surface area contributed by atoms with Crippen molar-refractivity contribution >= 4 is 16.7 Å². The van der Waals surface area contributed by atoms with Crippen LogP contribution in [0.3, 0.4) is 0 Å². The third-order valence-electron chi connectivity index (χ3n) is 5.73. The second-order valence-electron chi connectivity index (χ2n) is 7.70. The molecule has 2 aromatic heterocycles. The molecule has 1 saturated carbocycles. The number of benzene rings is 1. The Labute approximate surface area is 157 Å². The maximum atomic E-state index is 12.7. The molecule has 6 nitrogen and oxygen atoms in total. The summed E-state index contributed by atoms with van der Waals surface area (Å²) in [6.07, 6.45) is 8.15. The van der Waals surface area contributed by atoms with Gasteiger partial charge in [-0.3, -0.25) is 9.36 Å². The SMILES string of the molecule is O=c1c2ccccc2ncn1CC1CCN(c2ccnc(C3CC3)n2)CC1. The summed E-state index contributed by atoms with van der Waals surface area (Å²) in [7, 11) is 0. The van der Waals surface area contributed by atoms with Crippen molar-refractivity contribution in [1.29, 1.82) is 0 Å². The Balaban J connectivity index is 1.26. The van der Waals surface area contributed by atoms with Crippen molar-refractivity contribution in [3.63, 3.8) is 0 Å². The smallest absolute Gasteiger partial charge is 0.261 e.